The first kappa shape index (κ1) is 14.2. The Balaban J connectivity index is 1.79. The molecule has 0 fully saturated rings. The molecule has 0 saturated carbocycles. The monoisotopic (exact) mass is 316 g/mol. The summed E-state index contributed by atoms with van der Waals surface area (Å²) >= 11 is 5.84. The Morgan fingerprint density at radius 1 is 1.00 bits per heavy atom. The Morgan fingerprint density at radius 2 is 1.86 bits per heavy atom. The molecule has 0 spiro atoms. The fourth-order valence-corrected chi connectivity index (χ4v) is 1.87. The van der Waals surface area contributed by atoms with Crippen LogP contribution < -0.4 is 10.1 Å². The smallest absolute Gasteiger partial charge is 0.257 e. The van der Waals surface area contributed by atoms with E-state index in [4.69, 9.17) is 16.3 Å². The van der Waals surface area contributed by atoms with E-state index < -0.39 is 5.82 Å². The fraction of sp³-hybridized carbons (Fsp3) is 0. The quantitative estimate of drug-likeness (QED) is 0.781. The number of nitrogens with one attached hydrogen (secondary N) is 1. The minimum absolute atomic E-state index is 0.110. The first-order valence-electron chi connectivity index (χ1n) is 6.34. The van der Waals surface area contributed by atoms with Crippen LogP contribution in [-0.4, -0.2) is 15.0 Å². The van der Waals surface area contributed by atoms with Crippen molar-refractivity contribution >= 4 is 23.1 Å². The van der Waals surface area contributed by atoms with Gasteiger partial charge in [0.05, 0.1) is 5.69 Å². The first-order chi connectivity index (χ1) is 10.7. The maximum absolute atomic E-state index is 14.1. The van der Waals surface area contributed by atoms with Crippen LogP contribution in [0.5, 0.6) is 11.6 Å². The van der Waals surface area contributed by atoms with Crippen molar-refractivity contribution in [1.29, 1.82) is 0 Å². The van der Waals surface area contributed by atoms with E-state index in [0.29, 0.717) is 5.82 Å². The molecular formula is C15H10ClFN4O. The van der Waals surface area contributed by atoms with Crippen molar-refractivity contribution in [3.63, 3.8) is 0 Å². The van der Waals surface area contributed by atoms with Gasteiger partial charge < -0.3 is 10.1 Å². The Hall–Kier alpha value is -2.73. The molecule has 2 aromatic heterocycles. The molecule has 1 N–H and O–H groups in total. The fourth-order valence-electron chi connectivity index (χ4n) is 1.72. The Bertz CT molecular complexity index is 786. The molecule has 0 amide bonds. The summed E-state index contributed by atoms with van der Waals surface area (Å²) in [6, 6.07) is 9.70. The summed E-state index contributed by atoms with van der Waals surface area (Å²) < 4.78 is 19.5. The molecule has 0 unspecified atom stereocenters. The van der Waals surface area contributed by atoms with Gasteiger partial charge in [0.1, 0.15) is 17.4 Å². The third-order valence-corrected chi connectivity index (χ3v) is 2.96. The van der Waals surface area contributed by atoms with Gasteiger partial charge in [-0.25, -0.2) is 19.3 Å². The molecule has 7 heteroatoms. The Kier molecular flexibility index (Phi) is 4.11. The Labute approximate surface area is 130 Å². The van der Waals surface area contributed by atoms with Gasteiger partial charge in [-0.2, -0.15) is 0 Å². The highest BCUT2D eigenvalue weighted by Gasteiger charge is 2.09. The van der Waals surface area contributed by atoms with Gasteiger partial charge in [0.15, 0.2) is 5.15 Å². The largest absolute Gasteiger partial charge is 0.436 e. The van der Waals surface area contributed by atoms with E-state index in [1.165, 1.54) is 18.5 Å². The van der Waals surface area contributed by atoms with Crippen molar-refractivity contribution in [1.82, 2.24) is 15.0 Å². The van der Waals surface area contributed by atoms with Crippen molar-refractivity contribution in [3.05, 3.63) is 66.0 Å². The van der Waals surface area contributed by atoms with E-state index >= 15 is 0 Å². The van der Waals surface area contributed by atoms with Crippen LogP contribution >= 0.6 is 11.6 Å². The standard InChI is InChI=1S/C15H10ClFN4O/c16-14-15(20-8-7-19-14)22-10-4-5-12(11(17)9-10)21-13-3-1-2-6-18-13/h1-9H,(H,18,21). The zero-order valence-corrected chi connectivity index (χ0v) is 12.0. The van der Waals surface area contributed by atoms with Crippen LogP contribution in [0.3, 0.4) is 0 Å². The molecule has 2 heterocycles. The number of ether oxygens (including phenoxy) is 1. The molecular weight excluding hydrogens is 307 g/mol. The predicted octanol–water partition coefficient (Wildman–Crippen LogP) is 4.20. The van der Waals surface area contributed by atoms with E-state index in [0.717, 1.165) is 0 Å². The summed E-state index contributed by atoms with van der Waals surface area (Å²) in [5.74, 6) is 0.454. The highest BCUT2D eigenvalue weighted by Crippen LogP contribution is 2.28. The molecule has 22 heavy (non-hydrogen) atoms. The van der Waals surface area contributed by atoms with Crippen LogP contribution in [0.4, 0.5) is 15.9 Å². The third kappa shape index (κ3) is 3.29. The summed E-state index contributed by atoms with van der Waals surface area (Å²) in [7, 11) is 0. The summed E-state index contributed by atoms with van der Waals surface area (Å²) in [5.41, 5.74) is 0.288. The molecule has 0 bridgehead atoms. The molecule has 110 valence electrons. The second-order valence-corrected chi connectivity index (χ2v) is 4.59. The summed E-state index contributed by atoms with van der Waals surface area (Å²) in [6.45, 7) is 0. The summed E-state index contributed by atoms with van der Waals surface area (Å²) in [4.78, 5) is 11.8. The number of anilines is 2. The van der Waals surface area contributed by atoms with E-state index in [-0.39, 0.29) is 22.5 Å². The van der Waals surface area contributed by atoms with Gasteiger partial charge in [-0.15, -0.1) is 0 Å². The van der Waals surface area contributed by atoms with Gasteiger partial charge in [-0.05, 0) is 24.3 Å². The minimum Gasteiger partial charge on any atom is -0.436 e. The molecule has 0 radical (unpaired) electrons. The average Bonchev–Trinajstić information content (AvgIpc) is 2.53. The van der Waals surface area contributed by atoms with Crippen LogP contribution in [0.15, 0.2) is 55.0 Å². The normalized spacial score (nSPS) is 10.3. The minimum atomic E-state index is -0.483. The molecule has 0 atom stereocenters. The highest BCUT2D eigenvalue weighted by atomic mass is 35.5. The van der Waals surface area contributed by atoms with Gasteiger partial charge in [-0.3, -0.25) is 0 Å². The zero-order valence-electron chi connectivity index (χ0n) is 11.2. The molecule has 0 aliphatic carbocycles. The molecule has 5 nitrogen and oxygen atoms in total. The number of aromatic nitrogens is 3. The number of halogens is 2. The number of benzene rings is 1. The van der Waals surface area contributed by atoms with Crippen molar-refractivity contribution in [3.8, 4) is 11.6 Å². The summed E-state index contributed by atoms with van der Waals surface area (Å²) in [6.07, 6.45) is 4.50. The van der Waals surface area contributed by atoms with Crippen LogP contribution in [0, 0.1) is 5.82 Å². The lowest BCUT2D eigenvalue weighted by molar-refractivity contribution is 0.456. The maximum atomic E-state index is 14.1. The first-order valence-corrected chi connectivity index (χ1v) is 6.72. The van der Waals surface area contributed by atoms with Crippen LogP contribution in [-0.2, 0) is 0 Å². The molecule has 1 aromatic carbocycles. The van der Waals surface area contributed by atoms with Crippen LogP contribution in [0.1, 0.15) is 0 Å². The van der Waals surface area contributed by atoms with Gasteiger partial charge in [0.25, 0.3) is 5.88 Å². The van der Waals surface area contributed by atoms with Gasteiger partial charge in [0, 0.05) is 24.7 Å². The lowest BCUT2D eigenvalue weighted by atomic mass is 10.3. The van der Waals surface area contributed by atoms with Gasteiger partial charge in [-0.1, -0.05) is 17.7 Å². The molecule has 3 aromatic rings. The second-order valence-electron chi connectivity index (χ2n) is 4.24. The van der Waals surface area contributed by atoms with Crippen molar-refractivity contribution in [2.75, 3.05) is 5.32 Å². The number of hydrogen-bond donors (Lipinski definition) is 1. The number of rotatable bonds is 4. The number of hydrogen-bond acceptors (Lipinski definition) is 5. The van der Waals surface area contributed by atoms with Gasteiger partial charge in [0.2, 0.25) is 0 Å². The lowest BCUT2D eigenvalue weighted by Crippen LogP contribution is -1.97. The van der Waals surface area contributed by atoms with Gasteiger partial charge >= 0.3 is 0 Å². The lowest BCUT2D eigenvalue weighted by Gasteiger charge is -2.09. The second kappa shape index (κ2) is 6.36. The van der Waals surface area contributed by atoms with Crippen molar-refractivity contribution in [2.24, 2.45) is 0 Å². The van der Waals surface area contributed by atoms with E-state index in [1.54, 1.807) is 36.5 Å². The van der Waals surface area contributed by atoms with E-state index in [2.05, 4.69) is 20.3 Å². The SMILES string of the molecule is Fc1cc(Oc2nccnc2Cl)ccc1Nc1ccccn1. The van der Waals surface area contributed by atoms with Crippen molar-refractivity contribution in [2.45, 2.75) is 0 Å². The maximum Gasteiger partial charge on any atom is 0.257 e. The number of nitrogens with zero attached hydrogens (tertiary/aromatic N) is 3. The Morgan fingerprint density at radius 3 is 2.59 bits per heavy atom. The van der Waals surface area contributed by atoms with E-state index in [9.17, 15) is 4.39 Å². The number of pyridine rings is 1. The molecule has 0 aliphatic rings. The van der Waals surface area contributed by atoms with Crippen LogP contribution in [0.2, 0.25) is 5.15 Å². The zero-order chi connectivity index (χ0) is 15.4. The topological polar surface area (TPSA) is 59.9 Å². The van der Waals surface area contributed by atoms with Crippen LogP contribution in [0.25, 0.3) is 0 Å². The molecule has 3 rings (SSSR count). The molecule has 0 saturated heterocycles. The predicted molar refractivity (Wildman–Crippen MR) is 81.0 cm³/mol. The summed E-state index contributed by atoms with van der Waals surface area (Å²) in [5, 5.41) is 2.99. The third-order valence-electron chi connectivity index (χ3n) is 2.71. The average molecular weight is 317 g/mol. The van der Waals surface area contributed by atoms with E-state index in [1.807, 2.05) is 0 Å². The molecule has 0 aliphatic heterocycles. The highest BCUT2D eigenvalue weighted by molar-refractivity contribution is 6.30. The van der Waals surface area contributed by atoms with Crippen molar-refractivity contribution < 1.29 is 9.13 Å².